The van der Waals surface area contributed by atoms with Gasteiger partial charge in [-0.05, 0) is 48.2 Å². The highest BCUT2D eigenvalue weighted by molar-refractivity contribution is 7.97. The maximum absolute atomic E-state index is 13.0. The van der Waals surface area contributed by atoms with Gasteiger partial charge in [-0.25, -0.2) is 9.37 Å². The molecule has 0 aliphatic rings. The maximum Gasteiger partial charge on any atom is 0.257 e. The smallest absolute Gasteiger partial charge is 0.257 e. The predicted octanol–water partition coefficient (Wildman–Crippen LogP) is 5.06. The second kappa shape index (κ2) is 7.59. The first kappa shape index (κ1) is 16.7. The second-order valence-corrected chi connectivity index (χ2v) is 6.85. The van der Waals surface area contributed by atoms with E-state index in [0.29, 0.717) is 16.4 Å². The van der Waals surface area contributed by atoms with Crippen molar-refractivity contribution in [1.82, 2.24) is 4.98 Å². The van der Waals surface area contributed by atoms with Gasteiger partial charge >= 0.3 is 0 Å². The summed E-state index contributed by atoms with van der Waals surface area (Å²) in [5.74, 6) is 0.452. The molecule has 6 heteroatoms. The summed E-state index contributed by atoms with van der Waals surface area (Å²) in [4.78, 5) is 16.7. The summed E-state index contributed by atoms with van der Waals surface area (Å²) in [6, 6.07) is 13.7. The van der Waals surface area contributed by atoms with Gasteiger partial charge in [-0.2, -0.15) is 11.8 Å². The molecule has 0 atom stereocenters. The molecule has 1 heterocycles. The molecular formula is C18H15FN2OS2. The molecule has 0 unspecified atom stereocenters. The summed E-state index contributed by atoms with van der Waals surface area (Å²) in [6.07, 6.45) is 2.04. The number of carbonyl (C=O) groups excluding carboxylic acids is 1. The lowest BCUT2D eigenvalue weighted by atomic mass is 10.1. The van der Waals surface area contributed by atoms with Gasteiger partial charge in [-0.3, -0.25) is 10.1 Å². The number of nitrogens with one attached hydrogen (secondary N) is 1. The first-order chi connectivity index (χ1) is 11.7. The number of nitrogens with zero attached hydrogens (tertiary/aromatic N) is 1. The molecule has 0 bridgehead atoms. The quantitative estimate of drug-likeness (QED) is 0.693. The third kappa shape index (κ3) is 4.01. The van der Waals surface area contributed by atoms with Crippen molar-refractivity contribution in [3.05, 3.63) is 70.9 Å². The Hall–Kier alpha value is -2.18. The highest BCUT2D eigenvalue weighted by atomic mass is 32.2. The van der Waals surface area contributed by atoms with Crippen molar-refractivity contribution in [2.45, 2.75) is 5.75 Å². The Bertz CT molecular complexity index is 829. The van der Waals surface area contributed by atoms with Gasteiger partial charge in [0, 0.05) is 22.3 Å². The van der Waals surface area contributed by atoms with Gasteiger partial charge in [0.1, 0.15) is 5.82 Å². The topological polar surface area (TPSA) is 42.0 Å². The van der Waals surface area contributed by atoms with E-state index in [2.05, 4.69) is 10.3 Å². The van der Waals surface area contributed by atoms with Crippen molar-refractivity contribution in [1.29, 1.82) is 0 Å². The first-order valence-electron chi connectivity index (χ1n) is 7.26. The Morgan fingerprint density at radius 2 is 1.88 bits per heavy atom. The molecule has 3 nitrogen and oxygen atoms in total. The van der Waals surface area contributed by atoms with E-state index in [1.54, 1.807) is 23.9 Å². The maximum atomic E-state index is 13.0. The summed E-state index contributed by atoms with van der Waals surface area (Å²) in [7, 11) is 0. The molecule has 3 aromatic rings. The van der Waals surface area contributed by atoms with Crippen LogP contribution in [0.15, 0.2) is 53.9 Å². The number of aromatic nitrogens is 1. The highest BCUT2D eigenvalue weighted by Gasteiger charge is 2.10. The van der Waals surface area contributed by atoms with Gasteiger partial charge in [-0.15, -0.1) is 11.3 Å². The second-order valence-electron chi connectivity index (χ2n) is 5.13. The fourth-order valence-electron chi connectivity index (χ4n) is 2.17. The SMILES string of the molecule is CSCc1ccc(C(=O)Nc2nc(-c3ccc(F)cc3)cs2)cc1. The monoisotopic (exact) mass is 358 g/mol. The molecule has 0 radical (unpaired) electrons. The molecule has 0 aliphatic carbocycles. The number of benzene rings is 2. The third-order valence-corrected chi connectivity index (χ3v) is 4.77. The van der Waals surface area contributed by atoms with Crippen LogP contribution in [0, 0.1) is 5.82 Å². The van der Waals surface area contributed by atoms with Crippen molar-refractivity contribution < 1.29 is 9.18 Å². The minimum Gasteiger partial charge on any atom is -0.298 e. The molecular weight excluding hydrogens is 343 g/mol. The van der Waals surface area contributed by atoms with Crippen molar-refractivity contribution in [3.8, 4) is 11.3 Å². The van der Waals surface area contributed by atoms with E-state index in [1.807, 2.05) is 35.9 Å². The number of anilines is 1. The summed E-state index contributed by atoms with van der Waals surface area (Å²) in [5.41, 5.74) is 3.31. The van der Waals surface area contributed by atoms with E-state index in [1.165, 1.54) is 29.0 Å². The number of thiazole rings is 1. The molecule has 122 valence electrons. The minimum atomic E-state index is -0.285. The first-order valence-corrected chi connectivity index (χ1v) is 9.54. The highest BCUT2D eigenvalue weighted by Crippen LogP contribution is 2.25. The van der Waals surface area contributed by atoms with Crippen molar-refractivity contribution >= 4 is 34.1 Å². The number of hydrogen-bond acceptors (Lipinski definition) is 4. The summed E-state index contributed by atoms with van der Waals surface area (Å²) >= 11 is 3.08. The summed E-state index contributed by atoms with van der Waals surface area (Å²) < 4.78 is 13.0. The Balaban J connectivity index is 1.69. The fraction of sp³-hybridized carbons (Fsp3) is 0.111. The number of thioether (sulfide) groups is 1. The Kier molecular flexibility index (Phi) is 5.27. The van der Waals surface area contributed by atoms with E-state index in [-0.39, 0.29) is 11.7 Å². The van der Waals surface area contributed by atoms with Crippen LogP contribution in [0.4, 0.5) is 9.52 Å². The van der Waals surface area contributed by atoms with Crippen molar-refractivity contribution in [2.75, 3.05) is 11.6 Å². The molecule has 1 aromatic heterocycles. The fourth-order valence-corrected chi connectivity index (χ4v) is 3.41. The van der Waals surface area contributed by atoms with Gasteiger partial charge < -0.3 is 0 Å². The zero-order valence-electron chi connectivity index (χ0n) is 13.0. The average molecular weight is 358 g/mol. The molecule has 3 rings (SSSR count). The zero-order chi connectivity index (χ0) is 16.9. The van der Waals surface area contributed by atoms with Gasteiger partial charge in [0.2, 0.25) is 0 Å². The van der Waals surface area contributed by atoms with Gasteiger partial charge in [0.05, 0.1) is 5.69 Å². The van der Waals surface area contributed by atoms with Gasteiger partial charge in [0.15, 0.2) is 5.13 Å². The lowest BCUT2D eigenvalue weighted by Crippen LogP contribution is -2.11. The lowest BCUT2D eigenvalue weighted by molar-refractivity contribution is 0.102. The van der Waals surface area contributed by atoms with Crippen LogP contribution < -0.4 is 5.32 Å². The Morgan fingerprint density at radius 1 is 1.17 bits per heavy atom. The number of halogens is 1. The Labute approximate surface area is 148 Å². The normalized spacial score (nSPS) is 10.6. The van der Waals surface area contributed by atoms with Crippen LogP contribution in [0.5, 0.6) is 0 Å². The van der Waals surface area contributed by atoms with Crippen LogP contribution in [-0.4, -0.2) is 17.1 Å². The summed E-state index contributed by atoms with van der Waals surface area (Å²) in [5, 5.41) is 5.16. The third-order valence-electron chi connectivity index (χ3n) is 3.39. The van der Waals surface area contributed by atoms with Crippen molar-refractivity contribution in [2.24, 2.45) is 0 Å². The van der Waals surface area contributed by atoms with Crippen LogP contribution in [0.3, 0.4) is 0 Å². The number of rotatable bonds is 5. The van der Waals surface area contributed by atoms with E-state index < -0.39 is 0 Å². The van der Waals surface area contributed by atoms with Crippen LogP contribution in [0.2, 0.25) is 0 Å². The molecule has 24 heavy (non-hydrogen) atoms. The van der Waals surface area contributed by atoms with E-state index >= 15 is 0 Å². The predicted molar refractivity (Wildman–Crippen MR) is 99.1 cm³/mol. The molecule has 0 saturated carbocycles. The minimum absolute atomic E-state index is 0.189. The number of amides is 1. The van der Waals surface area contributed by atoms with Crippen molar-refractivity contribution in [3.63, 3.8) is 0 Å². The van der Waals surface area contributed by atoms with Crippen LogP contribution in [0.1, 0.15) is 15.9 Å². The molecule has 2 aromatic carbocycles. The molecule has 1 N–H and O–H groups in total. The standard InChI is InChI=1S/C18H15FN2OS2/c1-23-10-12-2-4-14(5-3-12)17(22)21-18-20-16(11-24-18)13-6-8-15(19)9-7-13/h2-9,11H,10H2,1H3,(H,20,21,22). The Morgan fingerprint density at radius 3 is 2.54 bits per heavy atom. The van der Waals surface area contributed by atoms with Gasteiger partial charge in [0.25, 0.3) is 5.91 Å². The van der Waals surface area contributed by atoms with Crippen LogP contribution in [-0.2, 0) is 5.75 Å². The molecule has 0 saturated heterocycles. The van der Waals surface area contributed by atoms with Crippen LogP contribution in [0.25, 0.3) is 11.3 Å². The van der Waals surface area contributed by atoms with E-state index in [0.717, 1.165) is 11.3 Å². The van der Waals surface area contributed by atoms with E-state index in [9.17, 15) is 9.18 Å². The largest absolute Gasteiger partial charge is 0.298 e. The van der Waals surface area contributed by atoms with Crippen LogP contribution >= 0.6 is 23.1 Å². The summed E-state index contributed by atoms with van der Waals surface area (Å²) in [6.45, 7) is 0. The lowest BCUT2D eigenvalue weighted by Gasteiger charge is -2.03. The van der Waals surface area contributed by atoms with Gasteiger partial charge in [-0.1, -0.05) is 12.1 Å². The molecule has 0 aliphatic heterocycles. The molecule has 1 amide bonds. The zero-order valence-corrected chi connectivity index (χ0v) is 14.6. The van der Waals surface area contributed by atoms with E-state index in [4.69, 9.17) is 0 Å². The number of hydrogen-bond donors (Lipinski definition) is 1. The molecule has 0 fully saturated rings. The average Bonchev–Trinajstić information content (AvgIpc) is 3.05. The number of carbonyl (C=O) groups is 1. The molecule has 0 spiro atoms.